The van der Waals surface area contributed by atoms with Gasteiger partial charge in [0.15, 0.2) is 12.5 Å². The SMILES string of the molecule is CN1CCCCC1C1=NCC(c2ccc3c(c2)c(F)c2n3COc3cc(-c4cnc(C5CCCN5C)[nH]4)ccc3-2)N1. The van der Waals surface area contributed by atoms with Crippen molar-refractivity contribution in [3.8, 4) is 28.3 Å². The maximum Gasteiger partial charge on any atom is 0.165 e. The first-order valence-electron chi connectivity index (χ1n) is 14.9. The number of benzene rings is 2. The molecule has 2 fully saturated rings. The Morgan fingerprint density at radius 3 is 2.68 bits per heavy atom. The second kappa shape index (κ2) is 9.70. The lowest BCUT2D eigenvalue weighted by Gasteiger charge is -2.32. The number of H-pyrrole nitrogens is 1. The van der Waals surface area contributed by atoms with Gasteiger partial charge in [-0.05, 0) is 82.7 Å². The highest BCUT2D eigenvalue weighted by molar-refractivity contribution is 5.92. The smallest absolute Gasteiger partial charge is 0.165 e. The van der Waals surface area contributed by atoms with E-state index in [9.17, 15) is 0 Å². The summed E-state index contributed by atoms with van der Waals surface area (Å²) in [5.41, 5.74) is 5.21. The Bertz CT molecular complexity index is 1670. The number of imidazole rings is 1. The van der Waals surface area contributed by atoms with E-state index in [0.29, 0.717) is 35.5 Å². The number of likely N-dealkylation sites (N-methyl/N-ethyl adjacent to an activating group) is 1. The van der Waals surface area contributed by atoms with Gasteiger partial charge in [-0.1, -0.05) is 18.6 Å². The molecule has 4 aromatic rings. The molecule has 0 radical (unpaired) electrons. The van der Waals surface area contributed by atoms with E-state index in [-0.39, 0.29) is 18.6 Å². The second-order valence-electron chi connectivity index (χ2n) is 12.1. The molecule has 0 bridgehead atoms. The zero-order valence-corrected chi connectivity index (χ0v) is 23.7. The molecule has 2 N–H and O–H groups in total. The van der Waals surface area contributed by atoms with Gasteiger partial charge in [-0.25, -0.2) is 9.37 Å². The lowest BCUT2D eigenvalue weighted by molar-refractivity contribution is 0.233. The van der Waals surface area contributed by atoms with Crippen LogP contribution in [0.2, 0.25) is 0 Å². The highest BCUT2D eigenvalue weighted by Gasteiger charge is 2.31. The number of nitrogens with zero attached hydrogens (tertiary/aromatic N) is 5. The quantitative estimate of drug-likeness (QED) is 0.350. The number of nitrogens with one attached hydrogen (secondary N) is 2. The van der Waals surface area contributed by atoms with E-state index in [1.807, 2.05) is 41.1 Å². The number of amidine groups is 1. The largest absolute Gasteiger partial charge is 0.472 e. The standard InChI is InChI=1S/C32H36FN7O/c1-38-12-4-3-6-26(38)31-34-16-23(36-31)19-9-11-25-22(14-19)29(33)30-21-10-8-20(15-28(21)41-18-40(25)30)24-17-35-32(37-24)27-7-5-13-39(27)2/h8-11,14-15,17,23,26-27H,3-7,12-13,16,18H2,1-2H3,(H,34,36)(H,35,37). The molecule has 8 rings (SSSR count). The van der Waals surface area contributed by atoms with Crippen LogP contribution in [0, 0.1) is 5.82 Å². The average Bonchev–Trinajstić information content (AvgIpc) is 3.80. The molecule has 3 atom stereocenters. The van der Waals surface area contributed by atoms with Crippen molar-refractivity contribution in [2.24, 2.45) is 4.99 Å². The molecule has 4 aliphatic heterocycles. The van der Waals surface area contributed by atoms with E-state index >= 15 is 4.39 Å². The molecular weight excluding hydrogens is 517 g/mol. The van der Waals surface area contributed by atoms with Gasteiger partial charge in [0.2, 0.25) is 0 Å². The van der Waals surface area contributed by atoms with E-state index in [4.69, 9.17) is 9.73 Å². The molecule has 8 nitrogen and oxygen atoms in total. The average molecular weight is 554 g/mol. The van der Waals surface area contributed by atoms with E-state index < -0.39 is 0 Å². The Morgan fingerprint density at radius 1 is 0.976 bits per heavy atom. The van der Waals surface area contributed by atoms with Gasteiger partial charge in [0.1, 0.15) is 17.4 Å². The highest BCUT2D eigenvalue weighted by Crippen LogP contribution is 2.43. The topological polar surface area (TPSA) is 73.7 Å². The van der Waals surface area contributed by atoms with Gasteiger partial charge in [-0.15, -0.1) is 0 Å². The number of aromatic amines is 1. The van der Waals surface area contributed by atoms with Crippen molar-refractivity contribution in [3.63, 3.8) is 0 Å². The van der Waals surface area contributed by atoms with E-state index in [1.165, 1.54) is 19.3 Å². The number of likely N-dealkylation sites (tertiary alicyclic amines) is 2. The molecule has 41 heavy (non-hydrogen) atoms. The van der Waals surface area contributed by atoms with Crippen molar-refractivity contribution in [1.82, 2.24) is 29.7 Å². The molecular formula is C32H36FN7O. The molecule has 0 saturated carbocycles. The zero-order valence-electron chi connectivity index (χ0n) is 23.7. The van der Waals surface area contributed by atoms with Crippen LogP contribution in [0.1, 0.15) is 55.6 Å². The monoisotopic (exact) mass is 553 g/mol. The Morgan fingerprint density at radius 2 is 1.83 bits per heavy atom. The summed E-state index contributed by atoms with van der Waals surface area (Å²) in [6.45, 7) is 3.16. The van der Waals surface area contributed by atoms with E-state index in [1.54, 1.807) is 0 Å². The van der Waals surface area contributed by atoms with Crippen molar-refractivity contribution in [3.05, 3.63) is 59.8 Å². The minimum absolute atomic E-state index is 0.0652. The number of aliphatic imine (C=N–C) groups is 1. The van der Waals surface area contributed by atoms with E-state index in [0.717, 1.165) is 65.5 Å². The number of aromatic nitrogens is 3. The van der Waals surface area contributed by atoms with Crippen LogP contribution in [0.3, 0.4) is 0 Å². The first-order valence-corrected chi connectivity index (χ1v) is 14.9. The van der Waals surface area contributed by atoms with Gasteiger partial charge >= 0.3 is 0 Å². The molecule has 0 aliphatic carbocycles. The molecule has 6 heterocycles. The molecule has 9 heteroatoms. The molecule has 2 aromatic carbocycles. The van der Waals surface area contributed by atoms with Gasteiger partial charge in [-0.2, -0.15) is 0 Å². The van der Waals surface area contributed by atoms with Crippen molar-refractivity contribution < 1.29 is 9.13 Å². The zero-order chi connectivity index (χ0) is 27.7. The van der Waals surface area contributed by atoms with Crippen molar-refractivity contribution >= 4 is 16.7 Å². The van der Waals surface area contributed by atoms with Crippen LogP contribution in [0.4, 0.5) is 4.39 Å². The van der Waals surface area contributed by atoms with Gasteiger partial charge in [-0.3, -0.25) is 14.8 Å². The van der Waals surface area contributed by atoms with Gasteiger partial charge in [0.25, 0.3) is 0 Å². The summed E-state index contributed by atoms with van der Waals surface area (Å²) in [6.07, 6.45) is 7.81. The Hall–Kier alpha value is -3.69. The van der Waals surface area contributed by atoms with Crippen LogP contribution < -0.4 is 10.1 Å². The van der Waals surface area contributed by atoms with Gasteiger partial charge in [0.05, 0.1) is 47.8 Å². The summed E-state index contributed by atoms with van der Waals surface area (Å²) in [5, 5.41) is 4.28. The summed E-state index contributed by atoms with van der Waals surface area (Å²) in [4.78, 5) is 17.8. The number of halogens is 1. The van der Waals surface area contributed by atoms with Crippen LogP contribution in [-0.4, -0.2) is 69.9 Å². The second-order valence-corrected chi connectivity index (χ2v) is 12.1. The number of hydrogen-bond acceptors (Lipinski definition) is 6. The normalized spacial score (nSPS) is 24.7. The number of fused-ring (bicyclic) bond motifs is 5. The third-order valence-corrected chi connectivity index (χ3v) is 9.61. The number of hydrogen-bond donors (Lipinski definition) is 2. The van der Waals surface area contributed by atoms with Crippen LogP contribution in [-0.2, 0) is 6.73 Å². The summed E-state index contributed by atoms with van der Waals surface area (Å²) in [5.74, 6) is 2.57. The summed E-state index contributed by atoms with van der Waals surface area (Å²) in [6, 6.07) is 12.9. The van der Waals surface area contributed by atoms with Crippen LogP contribution >= 0.6 is 0 Å². The highest BCUT2D eigenvalue weighted by atomic mass is 19.1. The molecule has 0 spiro atoms. The Balaban J connectivity index is 1.08. The lowest BCUT2D eigenvalue weighted by atomic mass is 10.0. The fraction of sp³-hybridized carbons (Fsp3) is 0.438. The summed E-state index contributed by atoms with van der Waals surface area (Å²) < 4.78 is 24.3. The molecule has 2 aromatic heterocycles. The van der Waals surface area contributed by atoms with Crippen LogP contribution in [0.25, 0.3) is 33.4 Å². The van der Waals surface area contributed by atoms with E-state index in [2.05, 4.69) is 45.2 Å². The van der Waals surface area contributed by atoms with Crippen molar-refractivity contribution in [2.75, 3.05) is 33.7 Å². The lowest BCUT2D eigenvalue weighted by Crippen LogP contribution is -2.46. The maximum absolute atomic E-state index is 16.2. The maximum atomic E-state index is 16.2. The molecule has 3 unspecified atom stereocenters. The third-order valence-electron chi connectivity index (χ3n) is 9.61. The predicted molar refractivity (Wildman–Crippen MR) is 159 cm³/mol. The molecule has 0 amide bonds. The first kappa shape index (κ1) is 25.1. The third kappa shape index (κ3) is 4.08. The molecule has 212 valence electrons. The van der Waals surface area contributed by atoms with Crippen LogP contribution in [0.5, 0.6) is 5.75 Å². The first-order chi connectivity index (χ1) is 20.0. The summed E-state index contributed by atoms with van der Waals surface area (Å²) in [7, 11) is 4.33. The number of ether oxygens (including phenoxy) is 1. The predicted octanol–water partition coefficient (Wildman–Crippen LogP) is 5.48. The Kier molecular flexibility index (Phi) is 5.93. The fourth-order valence-corrected chi connectivity index (χ4v) is 7.26. The summed E-state index contributed by atoms with van der Waals surface area (Å²) >= 11 is 0. The number of rotatable bonds is 4. The van der Waals surface area contributed by atoms with Gasteiger partial charge in [0, 0.05) is 16.5 Å². The van der Waals surface area contributed by atoms with Crippen molar-refractivity contribution in [2.45, 2.75) is 57.0 Å². The minimum atomic E-state index is -0.196. The fourth-order valence-electron chi connectivity index (χ4n) is 7.26. The number of piperidine rings is 1. The van der Waals surface area contributed by atoms with Gasteiger partial charge < -0.3 is 19.6 Å². The Labute approximate surface area is 239 Å². The van der Waals surface area contributed by atoms with Crippen LogP contribution in [0.15, 0.2) is 47.6 Å². The molecule has 4 aliphatic rings. The van der Waals surface area contributed by atoms with Crippen molar-refractivity contribution in [1.29, 1.82) is 0 Å². The minimum Gasteiger partial charge on any atom is -0.472 e. The molecule has 2 saturated heterocycles.